The molecule has 1 unspecified atom stereocenters. The van der Waals surface area contributed by atoms with Crippen LogP contribution in [0.25, 0.3) is 0 Å². The lowest BCUT2D eigenvalue weighted by atomic mass is 10.1. The maximum Gasteiger partial charge on any atom is 0.417 e. The van der Waals surface area contributed by atoms with E-state index in [9.17, 15) is 18.3 Å². The van der Waals surface area contributed by atoms with Gasteiger partial charge in [-0.15, -0.1) is 0 Å². The summed E-state index contributed by atoms with van der Waals surface area (Å²) in [6, 6.07) is 4.88. The molecule has 0 bridgehead atoms. The van der Waals surface area contributed by atoms with Crippen LogP contribution in [0.2, 0.25) is 0 Å². The number of aliphatic hydroxyl groups excluding tert-OH is 1. The van der Waals surface area contributed by atoms with Crippen LogP contribution in [0.15, 0.2) is 18.2 Å². The van der Waals surface area contributed by atoms with E-state index in [1.807, 2.05) is 0 Å². The summed E-state index contributed by atoms with van der Waals surface area (Å²) in [5.74, 6) is 0. The third kappa shape index (κ3) is 3.37. The quantitative estimate of drug-likeness (QED) is 0.905. The highest BCUT2D eigenvalue weighted by molar-refractivity contribution is 5.55. The standard InChI is InChI=1S/C12H13F3N2O/c1-8(18)7-17(2)10-3-4-11(12(13,14)15)9(5-10)6-16/h3-5,8,18H,7H2,1-2H3. The number of nitrogens with zero attached hydrogens (tertiary/aromatic N) is 2. The van der Waals surface area contributed by atoms with Crippen molar-refractivity contribution in [2.24, 2.45) is 0 Å². The largest absolute Gasteiger partial charge is 0.417 e. The Labute approximate surface area is 103 Å². The van der Waals surface area contributed by atoms with Crippen molar-refractivity contribution in [3.63, 3.8) is 0 Å². The Morgan fingerprint density at radius 3 is 2.50 bits per heavy atom. The number of aliphatic hydroxyl groups is 1. The highest BCUT2D eigenvalue weighted by Crippen LogP contribution is 2.33. The van der Waals surface area contributed by atoms with Gasteiger partial charge in [0.15, 0.2) is 0 Å². The summed E-state index contributed by atoms with van der Waals surface area (Å²) in [6.07, 6.45) is -5.14. The second kappa shape index (κ2) is 5.27. The van der Waals surface area contributed by atoms with Crippen LogP contribution in [-0.4, -0.2) is 24.8 Å². The number of likely N-dealkylation sites (N-methyl/N-ethyl adjacent to an activating group) is 1. The van der Waals surface area contributed by atoms with Gasteiger partial charge in [0.1, 0.15) is 0 Å². The first-order valence-electron chi connectivity index (χ1n) is 5.26. The molecule has 0 aliphatic carbocycles. The van der Waals surface area contributed by atoms with E-state index >= 15 is 0 Å². The molecule has 3 nitrogen and oxygen atoms in total. The molecular weight excluding hydrogens is 245 g/mol. The van der Waals surface area contributed by atoms with Gasteiger partial charge in [-0.2, -0.15) is 18.4 Å². The second-order valence-electron chi connectivity index (χ2n) is 4.07. The Morgan fingerprint density at radius 1 is 1.44 bits per heavy atom. The lowest BCUT2D eigenvalue weighted by molar-refractivity contribution is -0.137. The second-order valence-corrected chi connectivity index (χ2v) is 4.07. The topological polar surface area (TPSA) is 47.3 Å². The van der Waals surface area contributed by atoms with Crippen LogP contribution in [0, 0.1) is 11.3 Å². The summed E-state index contributed by atoms with van der Waals surface area (Å²) in [5, 5.41) is 18.0. The van der Waals surface area contributed by atoms with E-state index in [0.29, 0.717) is 5.69 Å². The molecule has 0 aromatic heterocycles. The zero-order valence-electron chi connectivity index (χ0n) is 9.99. The van der Waals surface area contributed by atoms with Crippen LogP contribution in [0.4, 0.5) is 18.9 Å². The third-order valence-corrected chi connectivity index (χ3v) is 2.41. The maximum atomic E-state index is 12.6. The molecule has 0 heterocycles. The minimum Gasteiger partial charge on any atom is -0.392 e. The van der Waals surface area contributed by atoms with Gasteiger partial charge in [0.2, 0.25) is 0 Å². The minimum atomic E-state index is -4.54. The van der Waals surface area contributed by atoms with Gasteiger partial charge in [-0.1, -0.05) is 0 Å². The van der Waals surface area contributed by atoms with Crippen LogP contribution < -0.4 is 4.90 Å². The Morgan fingerprint density at radius 2 is 2.06 bits per heavy atom. The van der Waals surface area contributed by atoms with Crippen LogP contribution in [0.5, 0.6) is 0 Å². The number of hydrogen-bond acceptors (Lipinski definition) is 3. The third-order valence-electron chi connectivity index (χ3n) is 2.41. The molecule has 0 saturated heterocycles. The number of anilines is 1. The van der Waals surface area contributed by atoms with E-state index in [1.54, 1.807) is 24.9 Å². The summed E-state index contributed by atoms with van der Waals surface area (Å²) < 4.78 is 37.7. The van der Waals surface area contributed by atoms with E-state index < -0.39 is 23.4 Å². The summed E-state index contributed by atoms with van der Waals surface area (Å²) in [4.78, 5) is 1.59. The van der Waals surface area contributed by atoms with E-state index in [2.05, 4.69) is 0 Å². The molecule has 0 aliphatic rings. The first kappa shape index (κ1) is 14.3. The van der Waals surface area contributed by atoms with Crippen molar-refractivity contribution in [2.75, 3.05) is 18.5 Å². The fourth-order valence-electron chi connectivity index (χ4n) is 1.61. The van der Waals surface area contributed by atoms with Gasteiger partial charge < -0.3 is 10.0 Å². The highest BCUT2D eigenvalue weighted by atomic mass is 19.4. The molecule has 98 valence electrons. The van der Waals surface area contributed by atoms with Crippen molar-refractivity contribution < 1.29 is 18.3 Å². The Bertz CT molecular complexity index is 463. The lowest BCUT2D eigenvalue weighted by Crippen LogP contribution is -2.27. The fraction of sp³-hybridized carbons (Fsp3) is 0.417. The average molecular weight is 258 g/mol. The number of alkyl halides is 3. The Hall–Kier alpha value is -1.74. The van der Waals surface area contributed by atoms with E-state index in [-0.39, 0.29) is 6.54 Å². The summed E-state index contributed by atoms with van der Waals surface area (Å²) >= 11 is 0. The Balaban J connectivity index is 3.11. The van der Waals surface area contributed by atoms with Crippen molar-refractivity contribution in [3.8, 4) is 6.07 Å². The van der Waals surface area contributed by atoms with Gasteiger partial charge in [-0.05, 0) is 25.1 Å². The monoisotopic (exact) mass is 258 g/mol. The summed E-state index contributed by atoms with van der Waals surface area (Å²) in [6.45, 7) is 1.85. The smallest absolute Gasteiger partial charge is 0.392 e. The summed E-state index contributed by atoms with van der Waals surface area (Å²) in [5.41, 5.74) is -0.905. The number of nitriles is 1. The van der Waals surface area contributed by atoms with Crippen LogP contribution in [0.3, 0.4) is 0 Å². The molecule has 0 fully saturated rings. The SMILES string of the molecule is CC(O)CN(C)c1ccc(C(F)(F)F)c(C#N)c1. The van der Waals surface area contributed by atoms with Gasteiger partial charge >= 0.3 is 6.18 Å². The first-order valence-corrected chi connectivity index (χ1v) is 5.26. The molecule has 18 heavy (non-hydrogen) atoms. The van der Waals surface area contributed by atoms with Gasteiger partial charge in [-0.25, -0.2) is 0 Å². The lowest BCUT2D eigenvalue weighted by Gasteiger charge is -2.22. The zero-order chi connectivity index (χ0) is 13.9. The fourth-order valence-corrected chi connectivity index (χ4v) is 1.61. The van der Waals surface area contributed by atoms with Gasteiger partial charge in [0.25, 0.3) is 0 Å². The molecule has 0 radical (unpaired) electrons. The Kier molecular flexibility index (Phi) is 4.19. The van der Waals surface area contributed by atoms with Crippen LogP contribution >= 0.6 is 0 Å². The van der Waals surface area contributed by atoms with Gasteiger partial charge in [0, 0.05) is 19.3 Å². The zero-order valence-corrected chi connectivity index (χ0v) is 9.99. The van der Waals surface area contributed by atoms with Crippen LogP contribution in [0.1, 0.15) is 18.1 Å². The normalized spacial score (nSPS) is 12.9. The van der Waals surface area contributed by atoms with Crippen molar-refractivity contribution >= 4 is 5.69 Å². The molecule has 1 N–H and O–H groups in total. The molecule has 0 spiro atoms. The van der Waals surface area contributed by atoms with Gasteiger partial charge in [0.05, 0.1) is 23.3 Å². The van der Waals surface area contributed by atoms with E-state index in [4.69, 9.17) is 5.26 Å². The number of benzene rings is 1. The van der Waals surface area contributed by atoms with E-state index in [0.717, 1.165) is 6.07 Å². The molecule has 1 aromatic carbocycles. The summed E-state index contributed by atoms with van der Waals surface area (Å²) in [7, 11) is 1.64. The van der Waals surface area contributed by atoms with Crippen molar-refractivity contribution in [1.29, 1.82) is 5.26 Å². The number of halogens is 3. The number of hydrogen-bond donors (Lipinski definition) is 1. The first-order chi connectivity index (χ1) is 8.25. The maximum absolute atomic E-state index is 12.6. The van der Waals surface area contributed by atoms with Crippen LogP contribution in [-0.2, 0) is 6.18 Å². The predicted molar refractivity (Wildman–Crippen MR) is 61.1 cm³/mol. The number of rotatable bonds is 3. The van der Waals surface area contributed by atoms with Crippen molar-refractivity contribution in [2.45, 2.75) is 19.2 Å². The molecule has 0 amide bonds. The average Bonchev–Trinajstić information content (AvgIpc) is 2.26. The van der Waals surface area contributed by atoms with Crippen molar-refractivity contribution in [1.82, 2.24) is 0 Å². The molecule has 1 atom stereocenters. The van der Waals surface area contributed by atoms with Gasteiger partial charge in [-0.3, -0.25) is 0 Å². The minimum absolute atomic E-state index is 0.274. The molecular formula is C12H13F3N2O. The molecule has 0 aliphatic heterocycles. The molecule has 1 rings (SSSR count). The molecule has 0 saturated carbocycles. The molecule has 6 heteroatoms. The molecule has 1 aromatic rings. The van der Waals surface area contributed by atoms with E-state index in [1.165, 1.54) is 12.1 Å². The predicted octanol–water partition coefficient (Wildman–Crippen LogP) is 2.39. The van der Waals surface area contributed by atoms with Crippen molar-refractivity contribution in [3.05, 3.63) is 29.3 Å². The highest BCUT2D eigenvalue weighted by Gasteiger charge is 2.33.